The van der Waals surface area contributed by atoms with Crippen molar-refractivity contribution in [2.45, 2.75) is 19.6 Å². The molecule has 134 valence electrons. The van der Waals surface area contributed by atoms with Crippen LogP contribution in [0.1, 0.15) is 23.6 Å². The van der Waals surface area contributed by atoms with Crippen LogP contribution in [0.5, 0.6) is 17.2 Å². The molecule has 2 aromatic carbocycles. The topological polar surface area (TPSA) is 65.5 Å². The van der Waals surface area contributed by atoms with Gasteiger partial charge in [-0.15, -0.1) is 10.2 Å². The molecule has 0 bridgehead atoms. The molecule has 0 spiro atoms. The first-order chi connectivity index (χ1) is 12.8. The highest BCUT2D eigenvalue weighted by Crippen LogP contribution is 2.37. The molecule has 0 aliphatic carbocycles. The Kier molecular flexibility index (Phi) is 4.88. The zero-order valence-corrected chi connectivity index (χ0v) is 15.2. The molecule has 1 aliphatic rings. The molecule has 1 aromatic heterocycles. The number of anilines is 1. The highest BCUT2D eigenvalue weighted by molar-refractivity contribution is 7.15. The van der Waals surface area contributed by atoms with E-state index in [9.17, 15) is 0 Å². The third kappa shape index (κ3) is 3.72. The number of hydrogen-bond donors (Lipinski definition) is 1. The Bertz CT molecular complexity index is 866. The van der Waals surface area contributed by atoms with Gasteiger partial charge in [-0.05, 0) is 36.8 Å². The van der Waals surface area contributed by atoms with Gasteiger partial charge in [0.1, 0.15) is 12.4 Å². The van der Waals surface area contributed by atoms with Crippen molar-refractivity contribution in [1.82, 2.24) is 10.2 Å². The smallest absolute Gasteiger partial charge is 0.206 e. The highest BCUT2D eigenvalue weighted by Gasteiger charge is 2.25. The maximum absolute atomic E-state index is 5.97. The van der Waals surface area contributed by atoms with Crippen molar-refractivity contribution in [3.63, 3.8) is 0 Å². The molecule has 1 N–H and O–H groups in total. The van der Waals surface area contributed by atoms with Crippen molar-refractivity contribution >= 4 is 16.5 Å². The monoisotopic (exact) mass is 369 g/mol. The molecule has 7 heteroatoms. The van der Waals surface area contributed by atoms with Crippen LogP contribution in [0, 0.1) is 0 Å². The molecule has 0 saturated heterocycles. The number of nitrogens with zero attached hydrogens (tertiary/aromatic N) is 2. The molecule has 4 rings (SSSR count). The molecule has 1 unspecified atom stereocenters. The number of ether oxygens (including phenoxy) is 3. The van der Waals surface area contributed by atoms with Gasteiger partial charge in [0, 0.05) is 6.54 Å². The molecular formula is C19H19N3O3S. The first kappa shape index (κ1) is 16.7. The van der Waals surface area contributed by atoms with Crippen LogP contribution in [0.4, 0.5) is 5.13 Å². The second-order valence-electron chi connectivity index (χ2n) is 5.74. The van der Waals surface area contributed by atoms with Gasteiger partial charge in [0.05, 0.1) is 6.61 Å². The average molecular weight is 369 g/mol. The van der Waals surface area contributed by atoms with Gasteiger partial charge in [0.25, 0.3) is 0 Å². The summed E-state index contributed by atoms with van der Waals surface area (Å²) < 4.78 is 17.2. The zero-order chi connectivity index (χ0) is 17.8. The second kappa shape index (κ2) is 7.61. The van der Waals surface area contributed by atoms with Crippen LogP contribution in [0.15, 0.2) is 48.5 Å². The first-order valence-corrected chi connectivity index (χ1v) is 9.31. The molecule has 0 radical (unpaired) electrons. The summed E-state index contributed by atoms with van der Waals surface area (Å²) in [7, 11) is 0. The second-order valence-corrected chi connectivity index (χ2v) is 6.75. The van der Waals surface area contributed by atoms with E-state index in [-0.39, 0.29) is 6.10 Å². The molecule has 0 saturated carbocycles. The number of rotatable bonds is 6. The highest BCUT2D eigenvalue weighted by atomic mass is 32.1. The quantitative estimate of drug-likeness (QED) is 0.707. The lowest BCUT2D eigenvalue weighted by Crippen LogP contribution is -2.21. The van der Waals surface area contributed by atoms with Gasteiger partial charge in [0.2, 0.25) is 5.13 Å². The van der Waals surface area contributed by atoms with Crippen molar-refractivity contribution in [2.24, 2.45) is 0 Å². The lowest BCUT2D eigenvalue weighted by Gasteiger charge is -2.24. The van der Waals surface area contributed by atoms with Crippen LogP contribution in [0.3, 0.4) is 0 Å². The van der Waals surface area contributed by atoms with Gasteiger partial charge in [0.15, 0.2) is 22.6 Å². The predicted octanol–water partition coefficient (Wildman–Crippen LogP) is 4.06. The summed E-state index contributed by atoms with van der Waals surface area (Å²) >= 11 is 1.48. The fourth-order valence-electron chi connectivity index (χ4n) is 2.63. The summed E-state index contributed by atoms with van der Waals surface area (Å²) in [6.07, 6.45) is -0.233. The van der Waals surface area contributed by atoms with Crippen molar-refractivity contribution in [3.05, 3.63) is 59.1 Å². The van der Waals surface area contributed by atoms with Crippen molar-refractivity contribution in [3.8, 4) is 17.2 Å². The van der Waals surface area contributed by atoms with Crippen LogP contribution in [-0.2, 0) is 6.54 Å². The van der Waals surface area contributed by atoms with Gasteiger partial charge in [-0.25, -0.2) is 0 Å². The Morgan fingerprint density at radius 1 is 1.12 bits per heavy atom. The number of fused-ring (bicyclic) bond motifs is 1. The van der Waals surface area contributed by atoms with Gasteiger partial charge in [-0.2, -0.15) is 0 Å². The van der Waals surface area contributed by atoms with E-state index in [0.717, 1.165) is 33.0 Å². The largest absolute Gasteiger partial charge is 0.494 e. The van der Waals surface area contributed by atoms with E-state index >= 15 is 0 Å². The third-order valence-corrected chi connectivity index (χ3v) is 4.88. The van der Waals surface area contributed by atoms with E-state index in [4.69, 9.17) is 14.2 Å². The molecule has 3 aromatic rings. The lowest BCUT2D eigenvalue weighted by molar-refractivity contribution is 0.0906. The van der Waals surface area contributed by atoms with Gasteiger partial charge >= 0.3 is 0 Å². The Labute approximate surface area is 155 Å². The van der Waals surface area contributed by atoms with E-state index in [0.29, 0.717) is 19.8 Å². The summed E-state index contributed by atoms with van der Waals surface area (Å²) in [6.45, 7) is 3.75. The molecule has 0 fully saturated rings. The number of benzene rings is 2. The van der Waals surface area contributed by atoms with Crippen molar-refractivity contribution in [1.29, 1.82) is 0 Å². The summed E-state index contributed by atoms with van der Waals surface area (Å²) in [4.78, 5) is 0. The van der Waals surface area contributed by atoms with Crippen LogP contribution < -0.4 is 19.5 Å². The Morgan fingerprint density at radius 3 is 2.73 bits per heavy atom. The molecule has 26 heavy (non-hydrogen) atoms. The fourth-order valence-corrected chi connectivity index (χ4v) is 3.38. The number of aromatic nitrogens is 2. The van der Waals surface area contributed by atoms with Gasteiger partial charge in [-0.3, -0.25) is 0 Å². The van der Waals surface area contributed by atoms with Crippen LogP contribution >= 0.6 is 11.3 Å². The fraction of sp³-hybridized carbons (Fsp3) is 0.263. The normalized spacial score (nSPS) is 15.5. The SMILES string of the molecule is CCOc1ccc(CNc2nnc(C3COc4ccccc4O3)s2)cc1. The third-order valence-electron chi connectivity index (χ3n) is 3.90. The standard InChI is InChI=1S/C19H19N3O3S/c1-2-23-14-9-7-13(8-10-14)11-20-19-22-21-18(26-19)17-12-24-15-5-3-4-6-16(15)25-17/h3-10,17H,2,11-12H2,1H3,(H,20,22). The minimum absolute atomic E-state index is 0.233. The van der Waals surface area contributed by atoms with E-state index in [1.165, 1.54) is 11.3 Å². The van der Waals surface area contributed by atoms with Crippen LogP contribution in [0.2, 0.25) is 0 Å². The average Bonchev–Trinajstić information content (AvgIpc) is 3.16. The molecule has 6 nitrogen and oxygen atoms in total. The van der Waals surface area contributed by atoms with E-state index in [1.807, 2.05) is 55.5 Å². The maximum atomic E-state index is 5.97. The lowest BCUT2D eigenvalue weighted by atomic mass is 10.2. The summed E-state index contributed by atoms with van der Waals surface area (Å²) in [5.74, 6) is 2.38. The number of hydrogen-bond acceptors (Lipinski definition) is 7. The summed E-state index contributed by atoms with van der Waals surface area (Å²) in [5.41, 5.74) is 1.15. The van der Waals surface area contributed by atoms with E-state index in [1.54, 1.807) is 0 Å². The molecule has 1 atom stereocenters. The summed E-state index contributed by atoms with van der Waals surface area (Å²) in [6, 6.07) is 15.7. The molecular weight excluding hydrogens is 350 g/mol. The minimum Gasteiger partial charge on any atom is -0.494 e. The van der Waals surface area contributed by atoms with Crippen molar-refractivity contribution in [2.75, 3.05) is 18.5 Å². The Morgan fingerprint density at radius 2 is 1.92 bits per heavy atom. The minimum atomic E-state index is -0.233. The molecule has 0 amide bonds. The summed E-state index contributed by atoms with van der Waals surface area (Å²) in [5, 5.41) is 13.3. The van der Waals surface area contributed by atoms with E-state index in [2.05, 4.69) is 15.5 Å². The molecule has 2 heterocycles. The van der Waals surface area contributed by atoms with Gasteiger partial charge in [-0.1, -0.05) is 35.6 Å². The Hall–Kier alpha value is -2.80. The number of para-hydroxylation sites is 2. The Balaban J connectivity index is 1.36. The van der Waals surface area contributed by atoms with Gasteiger partial charge < -0.3 is 19.5 Å². The molecule has 1 aliphatic heterocycles. The van der Waals surface area contributed by atoms with Crippen LogP contribution in [0.25, 0.3) is 0 Å². The maximum Gasteiger partial charge on any atom is 0.206 e. The zero-order valence-electron chi connectivity index (χ0n) is 14.3. The van der Waals surface area contributed by atoms with E-state index < -0.39 is 0 Å². The number of nitrogens with one attached hydrogen (secondary N) is 1. The van der Waals surface area contributed by atoms with Crippen molar-refractivity contribution < 1.29 is 14.2 Å². The first-order valence-electron chi connectivity index (χ1n) is 8.49. The van der Waals surface area contributed by atoms with Crippen LogP contribution in [-0.4, -0.2) is 23.4 Å². The predicted molar refractivity (Wildman–Crippen MR) is 100 cm³/mol.